The van der Waals surface area contributed by atoms with Crippen LogP contribution in [0.25, 0.3) is 0 Å². The van der Waals surface area contributed by atoms with Crippen molar-refractivity contribution in [2.45, 2.75) is 204 Å². The van der Waals surface area contributed by atoms with Crippen LogP contribution in [0.3, 0.4) is 0 Å². The molecule has 10 saturated heterocycles. The summed E-state index contributed by atoms with van der Waals surface area (Å²) in [5.74, 6) is -5.56. The number of morpholine rings is 3. The average Bonchev–Trinajstić information content (AvgIpc) is 2.06. The molecule has 91 heavy (non-hydrogen) atoms. The number of esters is 3. The number of nitrogens with one attached hydrogen (secondary N) is 1. The molecule has 10 heterocycles. The van der Waals surface area contributed by atoms with E-state index in [-0.39, 0.29) is 35.8 Å². The number of allylic oxidation sites excluding steroid dienone is 3. The van der Waals surface area contributed by atoms with E-state index in [0.29, 0.717) is 77.7 Å². The molecule has 9 N–H and O–H groups in total. The Morgan fingerprint density at radius 2 is 0.945 bits per heavy atom. The van der Waals surface area contributed by atoms with Crippen LogP contribution in [-0.4, -0.2) is 259 Å². The minimum Gasteiger partial charge on any atom is -0.480 e. The lowest BCUT2D eigenvalue weighted by molar-refractivity contribution is -0.182. The molecule has 0 bridgehead atoms. The van der Waals surface area contributed by atoms with E-state index in [2.05, 4.69) is 14.4 Å². The fourth-order valence-electron chi connectivity index (χ4n) is 11.0. The maximum Gasteiger partial charge on any atom is 0.469 e. The summed E-state index contributed by atoms with van der Waals surface area (Å²) in [6.45, 7) is 12.8. The van der Waals surface area contributed by atoms with E-state index in [1.807, 2.05) is 6.92 Å². The Morgan fingerprint density at radius 1 is 0.571 bits per heavy atom. The zero-order chi connectivity index (χ0) is 68.4. The first-order valence-electron chi connectivity index (χ1n) is 29.4. The molecule has 14 atom stereocenters. The van der Waals surface area contributed by atoms with Gasteiger partial charge in [-0.05, 0) is 149 Å². The van der Waals surface area contributed by atoms with Gasteiger partial charge in [0.1, 0.15) is 48.5 Å². The number of likely N-dealkylation sites (tertiary alicyclic amines) is 2. The molecule has 0 spiro atoms. The molecule has 10 fully saturated rings. The van der Waals surface area contributed by atoms with Crippen LogP contribution >= 0.6 is 27.2 Å². The number of phosphoric ester groups is 2. The van der Waals surface area contributed by atoms with Crippen LogP contribution in [-0.2, 0) is 94.7 Å². The third kappa shape index (κ3) is 22.8. The van der Waals surface area contributed by atoms with Crippen LogP contribution in [0.1, 0.15) is 119 Å². The number of aliphatic carboxylic acids is 3. The second-order valence-electron chi connectivity index (χ2n) is 22.1. The van der Waals surface area contributed by atoms with Crippen LogP contribution in [0, 0.1) is 0 Å². The molecule has 5 amide bonds. The molecule has 10 rings (SSSR count). The van der Waals surface area contributed by atoms with E-state index < -0.39 is 135 Å². The number of amides is 5. The lowest BCUT2D eigenvalue weighted by atomic mass is 10.1. The minimum atomic E-state index is -4.72. The van der Waals surface area contributed by atoms with Gasteiger partial charge in [-0.3, -0.25) is 42.6 Å². The maximum absolute atomic E-state index is 12.0. The summed E-state index contributed by atoms with van der Waals surface area (Å²) in [6.07, 6.45) is 7.09. The van der Waals surface area contributed by atoms with Gasteiger partial charge in [0.2, 0.25) is 29.5 Å². The Kier molecular flexibility index (Phi) is 29.8. The lowest BCUT2D eigenvalue weighted by Gasteiger charge is -2.35. The maximum atomic E-state index is 12.0. The Balaban J connectivity index is 0.000000232. The van der Waals surface area contributed by atoms with Gasteiger partial charge < -0.3 is 88.8 Å². The van der Waals surface area contributed by atoms with Crippen molar-refractivity contribution < 1.29 is 135 Å². The minimum absolute atomic E-state index is 0.0439. The molecule has 0 radical (unpaired) electrons. The molecule has 0 saturated carbocycles. The highest BCUT2D eigenvalue weighted by atomic mass is 35.5. The number of ether oxygens (including phenoxy) is 4. The molecule has 0 aromatic carbocycles. The smallest absolute Gasteiger partial charge is 0.469 e. The fraction of sp³-hybridized carbons (Fsp3) is 0.704. The molecule has 10 aliphatic heterocycles. The number of aliphatic hydroxyl groups excluding tert-OH is 1. The summed E-state index contributed by atoms with van der Waals surface area (Å²) in [4.78, 5) is 177. The fourth-order valence-corrected chi connectivity index (χ4v) is 12.2. The van der Waals surface area contributed by atoms with Crippen molar-refractivity contribution in [1.29, 1.82) is 0 Å². The van der Waals surface area contributed by atoms with Gasteiger partial charge in [-0.1, -0.05) is 12.2 Å². The number of rotatable bonds is 13. The number of carbonyl (C=O) groups is 12. The highest BCUT2D eigenvalue weighted by molar-refractivity contribution is 7.46. The number of nitrogens with zero attached hydrogens (tertiary/aromatic N) is 5. The first kappa shape index (κ1) is 77.2. The van der Waals surface area contributed by atoms with Gasteiger partial charge in [0.05, 0.1) is 12.2 Å². The SMILES string of the molecule is C/C=C/C(=O)Cl.C/C=C/C(=O)N1CCC[C@H]1C(=O)O.CC(O)C1OC(=O)[C@@H]2CCCN2C1=O.CC(OP(=O)(O)O)C1OC(=O)[C@@H]2CCCN2C1=O.CC1OC1C(=O)N1CCC[C@H]1C(=O)O.C[C@@H](OP(=O)(O)O)[C@@H]1OC(=O)[C@@H]2CCCN2C1=O.O=C(O)[C@@H]1CCCN1. The van der Waals surface area contributed by atoms with Gasteiger partial charge in [-0.25, -0.2) is 33.1 Å². The van der Waals surface area contributed by atoms with Gasteiger partial charge in [-0.15, -0.1) is 0 Å². The summed E-state index contributed by atoms with van der Waals surface area (Å²) >= 11 is 4.85. The number of halogens is 1. The molecule has 0 aliphatic carbocycles. The summed E-state index contributed by atoms with van der Waals surface area (Å²) in [7, 11) is -9.45. The Bertz CT molecular complexity index is 2730. The average molecular weight is 1360 g/mol. The number of aliphatic hydroxyl groups is 1. The van der Waals surface area contributed by atoms with E-state index >= 15 is 0 Å². The van der Waals surface area contributed by atoms with Crippen molar-refractivity contribution in [3.8, 4) is 0 Å². The highest BCUT2D eigenvalue weighted by Gasteiger charge is 2.51. The van der Waals surface area contributed by atoms with Crippen molar-refractivity contribution in [1.82, 2.24) is 29.8 Å². The monoisotopic (exact) mass is 1360 g/mol. The molecular weight excluding hydrogens is 1280 g/mol. The summed E-state index contributed by atoms with van der Waals surface area (Å²) < 4.78 is 50.0. The largest absolute Gasteiger partial charge is 0.480 e. The number of carboxylic acids is 3. The van der Waals surface area contributed by atoms with Crippen LogP contribution in [0.15, 0.2) is 24.3 Å². The van der Waals surface area contributed by atoms with Crippen LogP contribution in [0.2, 0.25) is 0 Å². The van der Waals surface area contributed by atoms with Gasteiger partial charge in [0, 0.05) is 32.7 Å². The number of hydrogen-bond donors (Lipinski definition) is 9. The molecule has 0 aromatic heterocycles. The molecule has 10 aliphatic rings. The van der Waals surface area contributed by atoms with Gasteiger partial charge in [0.15, 0.2) is 6.10 Å². The van der Waals surface area contributed by atoms with Gasteiger partial charge >= 0.3 is 51.5 Å². The predicted octanol–water partition coefficient (Wildman–Crippen LogP) is -0.277. The number of carbonyl (C=O) groups excluding carboxylic acids is 9. The van der Waals surface area contributed by atoms with E-state index in [9.17, 15) is 71.8 Å². The van der Waals surface area contributed by atoms with Crippen molar-refractivity contribution in [2.75, 3.05) is 39.3 Å². The summed E-state index contributed by atoms with van der Waals surface area (Å²) in [5, 5.41) is 37.7. The zero-order valence-electron chi connectivity index (χ0n) is 50.9. The summed E-state index contributed by atoms with van der Waals surface area (Å²) in [6, 6.07) is -3.05. The molecule has 37 heteroatoms. The zero-order valence-corrected chi connectivity index (χ0v) is 53.4. The lowest BCUT2D eigenvalue weighted by Crippen LogP contribution is -2.56. The standard InChI is InChI=1S/2C9H14NO7P.2C9H13NO4.C9H13NO3.C5H9NO2.C4H5ClO/c2*1-5(17-18(13,14)15)7-8(11)10-4-2-3-6(10)9(12)16-7;1-5-7(14-5)8(11)10-4-2-3-6(10)9(12)13;1-5(11)7-8(12)10-4-2-3-6(10)9(13)14-7;1-2-4-8(11)10-6-3-5-7(10)9(12)13;7-5(8)4-2-1-3-6-4;1-2-3-4(5)6/h2*5-7H,2-4H2,1H3,(H2,13,14,15);5-7H,2-4H2,1H3,(H,12,13);5-7,11H,2-4H2,1H3;2,4,7H,3,5-6H2,1H3,(H,12,13);4,6H,1-3H2,(H,7,8);2-3H,1H3/b;;;;4-2+;;3-2+/t5?,6-,7?;5-,6+,7+;2*5?,6-,7?;7-;4-;/m010000./s1. The topological polar surface area (TPSA) is 488 Å². The number of hydrogen-bond acceptors (Lipinski definition) is 22. The van der Waals surface area contributed by atoms with Crippen molar-refractivity contribution in [2.24, 2.45) is 0 Å². The van der Waals surface area contributed by atoms with E-state index in [0.717, 1.165) is 38.6 Å². The Hall–Kier alpha value is -6.29. The van der Waals surface area contributed by atoms with Crippen LogP contribution in [0.4, 0.5) is 0 Å². The molecular formula is C54H81ClN6O28P2. The molecule has 34 nitrogen and oxygen atoms in total. The third-order valence-electron chi connectivity index (χ3n) is 15.3. The number of fused-ring (bicyclic) bond motifs is 3. The number of carboxylic acid groups (broad SMARTS) is 3. The molecule has 0 aromatic rings. The Labute approximate surface area is 527 Å². The quantitative estimate of drug-likeness (QED) is 0.0286. The number of cyclic esters (lactones) is 3. The number of phosphoric acid groups is 2. The first-order valence-corrected chi connectivity index (χ1v) is 32.8. The van der Waals surface area contributed by atoms with Gasteiger partial charge in [-0.2, -0.15) is 0 Å². The molecule has 512 valence electrons. The van der Waals surface area contributed by atoms with E-state index in [1.165, 1.54) is 57.4 Å². The molecule has 6 unspecified atom stereocenters. The van der Waals surface area contributed by atoms with E-state index in [4.69, 9.17) is 65.4 Å². The van der Waals surface area contributed by atoms with Crippen molar-refractivity contribution >= 4 is 97.8 Å². The van der Waals surface area contributed by atoms with E-state index in [1.54, 1.807) is 26.0 Å². The highest BCUT2D eigenvalue weighted by Crippen LogP contribution is 2.41. The third-order valence-corrected chi connectivity index (χ3v) is 16.7. The number of epoxide rings is 1. The van der Waals surface area contributed by atoms with Gasteiger partial charge in [0.25, 0.3) is 23.6 Å². The van der Waals surface area contributed by atoms with Crippen LogP contribution < -0.4 is 5.32 Å². The first-order chi connectivity index (χ1) is 42.5. The Morgan fingerprint density at radius 3 is 1.25 bits per heavy atom. The normalized spacial score (nSPS) is 29.0. The van der Waals surface area contributed by atoms with Crippen molar-refractivity contribution in [3.63, 3.8) is 0 Å². The second-order valence-corrected chi connectivity index (χ2v) is 24.8. The van der Waals surface area contributed by atoms with Crippen molar-refractivity contribution in [3.05, 3.63) is 24.3 Å². The second kappa shape index (κ2) is 35.1. The summed E-state index contributed by atoms with van der Waals surface area (Å²) in [5.41, 5.74) is 0. The van der Waals surface area contributed by atoms with Crippen LogP contribution in [0.5, 0.6) is 0 Å². The predicted molar refractivity (Wildman–Crippen MR) is 309 cm³/mol.